The van der Waals surface area contributed by atoms with E-state index in [1.165, 1.54) is 0 Å². The second kappa shape index (κ2) is 5.55. The fraction of sp³-hybridized carbons (Fsp3) is 0.333. The van der Waals surface area contributed by atoms with E-state index in [4.69, 9.17) is 5.73 Å². The predicted molar refractivity (Wildman–Crippen MR) is 48.9 cm³/mol. The lowest BCUT2D eigenvalue weighted by Crippen LogP contribution is -2.10. The SMILES string of the molecule is Nc1cc(F)c(OC(F)F)cc1OCC(F)F. The second-order valence-corrected chi connectivity index (χ2v) is 2.90. The van der Waals surface area contributed by atoms with Gasteiger partial charge in [-0.1, -0.05) is 0 Å². The molecule has 1 aromatic rings. The third-order valence-corrected chi connectivity index (χ3v) is 1.65. The van der Waals surface area contributed by atoms with Gasteiger partial charge in [-0.2, -0.15) is 8.78 Å². The minimum Gasteiger partial charge on any atom is -0.485 e. The van der Waals surface area contributed by atoms with Gasteiger partial charge in [0.2, 0.25) is 0 Å². The van der Waals surface area contributed by atoms with E-state index in [2.05, 4.69) is 9.47 Å². The summed E-state index contributed by atoms with van der Waals surface area (Å²) in [5.41, 5.74) is 4.97. The van der Waals surface area contributed by atoms with Crippen molar-refractivity contribution in [2.75, 3.05) is 12.3 Å². The third kappa shape index (κ3) is 3.97. The number of hydrogen-bond acceptors (Lipinski definition) is 3. The maximum absolute atomic E-state index is 13.0. The Balaban J connectivity index is 2.89. The van der Waals surface area contributed by atoms with Crippen molar-refractivity contribution in [3.05, 3.63) is 17.9 Å². The first-order valence-electron chi connectivity index (χ1n) is 4.35. The highest BCUT2D eigenvalue weighted by Gasteiger charge is 2.15. The number of anilines is 1. The first-order chi connectivity index (χ1) is 7.90. The summed E-state index contributed by atoms with van der Waals surface area (Å²) >= 11 is 0. The highest BCUT2D eigenvalue weighted by molar-refractivity contribution is 5.56. The van der Waals surface area contributed by atoms with Gasteiger partial charge in [-0.05, 0) is 0 Å². The summed E-state index contributed by atoms with van der Waals surface area (Å²) in [7, 11) is 0. The maximum atomic E-state index is 13.0. The van der Waals surface area contributed by atoms with E-state index in [1.807, 2.05) is 0 Å². The maximum Gasteiger partial charge on any atom is 0.387 e. The van der Waals surface area contributed by atoms with Crippen molar-refractivity contribution in [2.45, 2.75) is 13.0 Å². The Bertz CT molecular complexity index is 386. The van der Waals surface area contributed by atoms with Crippen LogP contribution in [0.1, 0.15) is 0 Å². The Morgan fingerprint density at radius 2 is 1.76 bits per heavy atom. The standard InChI is InChI=1S/C9H8F5NO2/c10-4-1-5(15)7(16-3-8(11)12)2-6(4)17-9(13)14/h1-2,8-9H,3,15H2. The fourth-order valence-electron chi connectivity index (χ4n) is 1.01. The lowest BCUT2D eigenvalue weighted by atomic mass is 10.2. The lowest BCUT2D eigenvalue weighted by molar-refractivity contribution is -0.0523. The molecule has 1 aromatic carbocycles. The number of hydrogen-bond donors (Lipinski definition) is 1. The van der Waals surface area contributed by atoms with Crippen LogP contribution in [0, 0.1) is 5.82 Å². The van der Waals surface area contributed by atoms with Crippen LogP contribution in [0.5, 0.6) is 11.5 Å². The van der Waals surface area contributed by atoms with Crippen LogP contribution in [0.4, 0.5) is 27.6 Å². The zero-order chi connectivity index (χ0) is 13.0. The smallest absolute Gasteiger partial charge is 0.387 e. The van der Waals surface area contributed by atoms with Crippen LogP contribution in [0.2, 0.25) is 0 Å². The molecule has 3 nitrogen and oxygen atoms in total. The van der Waals surface area contributed by atoms with Gasteiger partial charge >= 0.3 is 6.61 Å². The molecule has 0 aliphatic rings. The molecule has 0 radical (unpaired) electrons. The predicted octanol–water partition coefficient (Wildman–Crippen LogP) is 2.65. The number of nitrogen functional groups attached to an aromatic ring is 1. The van der Waals surface area contributed by atoms with Gasteiger partial charge in [0.15, 0.2) is 11.6 Å². The summed E-state index contributed by atoms with van der Waals surface area (Å²) in [6, 6.07) is 1.34. The van der Waals surface area contributed by atoms with Crippen LogP contribution >= 0.6 is 0 Å². The summed E-state index contributed by atoms with van der Waals surface area (Å²) < 4.78 is 68.8. The molecule has 0 heterocycles. The first-order valence-corrected chi connectivity index (χ1v) is 4.35. The molecule has 96 valence electrons. The van der Waals surface area contributed by atoms with Crippen LogP contribution in [-0.4, -0.2) is 19.6 Å². The van der Waals surface area contributed by atoms with Gasteiger partial charge in [-0.25, -0.2) is 13.2 Å². The van der Waals surface area contributed by atoms with Gasteiger partial charge in [-0.3, -0.25) is 0 Å². The zero-order valence-electron chi connectivity index (χ0n) is 8.30. The highest BCUT2D eigenvalue weighted by Crippen LogP contribution is 2.31. The van der Waals surface area contributed by atoms with Gasteiger partial charge in [0.1, 0.15) is 12.4 Å². The second-order valence-electron chi connectivity index (χ2n) is 2.90. The van der Waals surface area contributed by atoms with Crippen molar-refractivity contribution in [2.24, 2.45) is 0 Å². The summed E-state index contributed by atoms with van der Waals surface area (Å²) in [5, 5.41) is 0. The Hall–Kier alpha value is -1.73. The molecule has 2 N–H and O–H groups in total. The van der Waals surface area contributed by atoms with E-state index in [1.54, 1.807) is 0 Å². The van der Waals surface area contributed by atoms with Crippen molar-refractivity contribution in [1.29, 1.82) is 0 Å². The van der Waals surface area contributed by atoms with Crippen molar-refractivity contribution in [1.82, 2.24) is 0 Å². The van der Waals surface area contributed by atoms with Crippen LogP contribution in [0.3, 0.4) is 0 Å². The zero-order valence-corrected chi connectivity index (χ0v) is 8.30. The van der Waals surface area contributed by atoms with Gasteiger partial charge in [-0.15, -0.1) is 0 Å². The Morgan fingerprint density at radius 1 is 1.12 bits per heavy atom. The van der Waals surface area contributed by atoms with Crippen molar-refractivity contribution >= 4 is 5.69 Å². The van der Waals surface area contributed by atoms with Gasteiger partial charge in [0, 0.05) is 12.1 Å². The molecule has 0 atom stereocenters. The topological polar surface area (TPSA) is 44.5 Å². The molecule has 0 unspecified atom stereocenters. The van der Waals surface area contributed by atoms with Crippen molar-refractivity contribution in [3.8, 4) is 11.5 Å². The van der Waals surface area contributed by atoms with E-state index in [0.29, 0.717) is 12.1 Å². The number of halogens is 5. The molecule has 8 heteroatoms. The highest BCUT2D eigenvalue weighted by atomic mass is 19.3. The van der Waals surface area contributed by atoms with E-state index in [-0.39, 0.29) is 11.4 Å². The van der Waals surface area contributed by atoms with E-state index >= 15 is 0 Å². The minimum absolute atomic E-state index is 0.287. The van der Waals surface area contributed by atoms with E-state index in [9.17, 15) is 22.0 Å². The molecule has 0 amide bonds. The molecule has 17 heavy (non-hydrogen) atoms. The number of alkyl halides is 4. The number of rotatable bonds is 5. The third-order valence-electron chi connectivity index (χ3n) is 1.65. The average molecular weight is 257 g/mol. The van der Waals surface area contributed by atoms with Crippen molar-refractivity contribution in [3.63, 3.8) is 0 Å². The van der Waals surface area contributed by atoms with Gasteiger partial charge in [0.25, 0.3) is 6.43 Å². The Labute approximate surface area is 92.9 Å². The number of ether oxygens (including phenoxy) is 2. The van der Waals surface area contributed by atoms with E-state index < -0.39 is 31.2 Å². The monoisotopic (exact) mass is 257 g/mol. The molecule has 0 aliphatic heterocycles. The molecule has 0 aliphatic carbocycles. The molecule has 0 saturated carbocycles. The minimum atomic E-state index is -3.24. The van der Waals surface area contributed by atoms with Gasteiger partial charge < -0.3 is 15.2 Å². The molecule has 0 bridgehead atoms. The Kier molecular flexibility index (Phi) is 4.36. The molecule has 0 spiro atoms. The van der Waals surface area contributed by atoms with Crippen LogP contribution < -0.4 is 15.2 Å². The van der Waals surface area contributed by atoms with Crippen molar-refractivity contribution < 1.29 is 31.4 Å². The van der Waals surface area contributed by atoms with Crippen LogP contribution in [0.25, 0.3) is 0 Å². The molecule has 0 fully saturated rings. The summed E-state index contributed by atoms with van der Waals surface area (Å²) in [6.07, 6.45) is -2.76. The largest absolute Gasteiger partial charge is 0.485 e. The summed E-state index contributed by atoms with van der Waals surface area (Å²) in [4.78, 5) is 0. The number of nitrogens with two attached hydrogens (primary N) is 1. The molecular formula is C9H8F5NO2. The molecular weight excluding hydrogens is 249 g/mol. The average Bonchev–Trinajstić information content (AvgIpc) is 2.19. The lowest BCUT2D eigenvalue weighted by Gasteiger charge is -2.11. The molecule has 0 aromatic heterocycles. The summed E-state index contributed by atoms with van der Waals surface area (Å²) in [5.74, 6) is -2.30. The fourth-order valence-corrected chi connectivity index (χ4v) is 1.01. The molecule has 1 rings (SSSR count). The van der Waals surface area contributed by atoms with Crippen LogP contribution in [-0.2, 0) is 0 Å². The summed E-state index contributed by atoms with van der Waals surface area (Å²) in [6.45, 7) is -4.22. The van der Waals surface area contributed by atoms with Crippen LogP contribution in [0.15, 0.2) is 12.1 Å². The van der Waals surface area contributed by atoms with Gasteiger partial charge in [0.05, 0.1) is 5.69 Å². The Morgan fingerprint density at radius 3 is 2.29 bits per heavy atom. The quantitative estimate of drug-likeness (QED) is 0.651. The normalized spacial score (nSPS) is 11.0. The van der Waals surface area contributed by atoms with E-state index in [0.717, 1.165) is 0 Å². The number of benzene rings is 1. The molecule has 0 saturated heterocycles. The first kappa shape index (κ1) is 13.3.